The number of nitriles is 1. The molecular formula is C22H24N4O2. The van der Waals surface area contributed by atoms with Crippen LogP contribution >= 0.6 is 0 Å². The van der Waals surface area contributed by atoms with Crippen LogP contribution in [0, 0.1) is 11.3 Å². The first-order chi connectivity index (χ1) is 13.6. The molecule has 0 bridgehead atoms. The van der Waals surface area contributed by atoms with E-state index in [-0.39, 0.29) is 24.8 Å². The van der Waals surface area contributed by atoms with E-state index in [1.165, 1.54) is 30.4 Å². The van der Waals surface area contributed by atoms with E-state index in [1.807, 2.05) is 24.3 Å². The molecule has 2 amide bonds. The third-order valence-electron chi connectivity index (χ3n) is 4.85. The Morgan fingerprint density at radius 2 is 1.86 bits per heavy atom. The minimum absolute atomic E-state index is 0.156. The van der Waals surface area contributed by atoms with E-state index in [0.29, 0.717) is 11.3 Å². The lowest BCUT2D eigenvalue weighted by atomic mass is 10.2. The Morgan fingerprint density at radius 1 is 1.14 bits per heavy atom. The molecule has 1 N–H and O–H groups in total. The fraction of sp³-hybridized carbons (Fsp3) is 0.318. The van der Waals surface area contributed by atoms with Crippen molar-refractivity contribution in [3.8, 4) is 6.07 Å². The third-order valence-corrected chi connectivity index (χ3v) is 4.85. The van der Waals surface area contributed by atoms with E-state index >= 15 is 0 Å². The van der Waals surface area contributed by atoms with Gasteiger partial charge in [-0.3, -0.25) is 9.59 Å². The van der Waals surface area contributed by atoms with Crippen LogP contribution < -0.4 is 15.1 Å². The Hall–Kier alpha value is -3.33. The number of carbonyl (C=O) groups is 2. The van der Waals surface area contributed by atoms with Crippen molar-refractivity contribution in [3.05, 3.63) is 54.1 Å². The third kappa shape index (κ3) is 4.89. The van der Waals surface area contributed by atoms with Crippen LogP contribution in [-0.2, 0) is 9.59 Å². The van der Waals surface area contributed by atoms with Gasteiger partial charge in [-0.05, 0) is 55.3 Å². The molecule has 1 heterocycles. The zero-order chi connectivity index (χ0) is 19.9. The number of hydrogen-bond donors (Lipinski definition) is 1. The standard InChI is InChI=1S/C22H24N4O2/c1-17(27)26(21-6-4-5-18(15-21)16-23)14-11-22(28)24-19-7-9-20(10-8-19)25-12-2-3-13-25/h4-10,15H,2-3,11-14H2,1H3,(H,24,28). The SMILES string of the molecule is CC(=O)N(CCC(=O)Nc1ccc(N2CCCC2)cc1)c1cccc(C#N)c1. The molecule has 6 heteroatoms. The minimum Gasteiger partial charge on any atom is -0.372 e. The van der Waals surface area contributed by atoms with E-state index in [4.69, 9.17) is 5.26 Å². The number of rotatable bonds is 6. The molecule has 2 aromatic rings. The molecule has 0 unspecified atom stereocenters. The minimum atomic E-state index is -0.169. The highest BCUT2D eigenvalue weighted by Crippen LogP contribution is 2.22. The van der Waals surface area contributed by atoms with Crippen LogP contribution in [0.1, 0.15) is 31.7 Å². The second-order valence-electron chi connectivity index (χ2n) is 6.87. The Kier molecular flexibility index (Phi) is 6.28. The molecule has 3 rings (SSSR count). The van der Waals surface area contributed by atoms with Gasteiger partial charge in [-0.1, -0.05) is 6.07 Å². The summed E-state index contributed by atoms with van der Waals surface area (Å²) in [6, 6.07) is 16.7. The summed E-state index contributed by atoms with van der Waals surface area (Å²) in [4.78, 5) is 28.2. The maximum atomic E-state index is 12.3. The van der Waals surface area contributed by atoms with Gasteiger partial charge in [-0.15, -0.1) is 0 Å². The molecule has 1 fully saturated rings. The number of nitrogens with zero attached hydrogens (tertiary/aromatic N) is 3. The van der Waals surface area contributed by atoms with Crippen molar-refractivity contribution in [2.24, 2.45) is 0 Å². The molecule has 28 heavy (non-hydrogen) atoms. The van der Waals surface area contributed by atoms with Gasteiger partial charge in [-0.2, -0.15) is 5.26 Å². The monoisotopic (exact) mass is 376 g/mol. The van der Waals surface area contributed by atoms with Crippen molar-refractivity contribution in [3.63, 3.8) is 0 Å². The summed E-state index contributed by atoms with van der Waals surface area (Å²) in [7, 11) is 0. The molecule has 1 aliphatic heterocycles. The summed E-state index contributed by atoms with van der Waals surface area (Å²) < 4.78 is 0. The van der Waals surface area contributed by atoms with Crippen LogP contribution in [0.2, 0.25) is 0 Å². The quantitative estimate of drug-likeness (QED) is 0.837. The molecular weight excluding hydrogens is 352 g/mol. The molecule has 0 radical (unpaired) electrons. The normalized spacial score (nSPS) is 13.1. The molecule has 6 nitrogen and oxygen atoms in total. The van der Waals surface area contributed by atoms with Crippen LogP contribution in [-0.4, -0.2) is 31.4 Å². The number of hydrogen-bond acceptors (Lipinski definition) is 4. The van der Waals surface area contributed by atoms with Gasteiger partial charge in [0.2, 0.25) is 11.8 Å². The average Bonchev–Trinajstić information content (AvgIpc) is 3.23. The molecule has 2 aromatic carbocycles. The molecule has 0 spiro atoms. The highest BCUT2D eigenvalue weighted by atomic mass is 16.2. The lowest BCUT2D eigenvalue weighted by Gasteiger charge is -2.21. The van der Waals surface area contributed by atoms with E-state index < -0.39 is 0 Å². The summed E-state index contributed by atoms with van der Waals surface area (Å²) in [5.41, 5.74) is 3.02. The number of amides is 2. The van der Waals surface area contributed by atoms with Gasteiger partial charge in [0.15, 0.2) is 0 Å². The smallest absolute Gasteiger partial charge is 0.226 e. The van der Waals surface area contributed by atoms with Crippen LogP contribution in [0.15, 0.2) is 48.5 Å². The zero-order valence-electron chi connectivity index (χ0n) is 16.0. The Bertz CT molecular complexity index is 880. The molecule has 1 aliphatic rings. The summed E-state index contributed by atoms with van der Waals surface area (Å²) in [6.07, 6.45) is 2.62. The molecule has 1 saturated heterocycles. The molecule has 0 atom stereocenters. The summed E-state index contributed by atoms with van der Waals surface area (Å²) in [5, 5.41) is 11.9. The lowest BCUT2D eigenvalue weighted by molar-refractivity contribution is -0.117. The predicted octanol–water partition coefficient (Wildman–Crippen LogP) is 3.54. The molecule has 0 saturated carbocycles. The van der Waals surface area contributed by atoms with Gasteiger partial charge in [-0.25, -0.2) is 0 Å². The summed E-state index contributed by atoms with van der Waals surface area (Å²) in [6.45, 7) is 3.87. The largest absolute Gasteiger partial charge is 0.372 e. The van der Waals surface area contributed by atoms with Crippen LogP contribution in [0.25, 0.3) is 0 Å². The van der Waals surface area contributed by atoms with Crippen LogP contribution in [0.5, 0.6) is 0 Å². The highest BCUT2D eigenvalue weighted by Gasteiger charge is 2.15. The average molecular weight is 376 g/mol. The van der Waals surface area contributed by atoms with Gasteiger partial charge in [0.05, 0.1) is 11.6 Å². The van der Waals surface area contributed by atoms with Crippen molar-refractivity contribution in [2.75, 3.05) is 34.8 Å². The van der Waals surface area contributed by atoms with Crippen molar-refractivity contribution >= 4 is 28.9 Å². The van der Waals surface area contributed by atoms with Gasteiger partial charge in [0.25, 0.3) is 0 Å². The van der Waals surface area contributed by atoms with E-state index in [2.05, 4.69) is 16.3 Å². The maximum Gasteiger partial charge on any atom is 0.226 e. The van der Waals surface area contributed by atoms with Crippen LogP contribution in [0.3, 0.4) is 0 Å². The number of anilines is 3. The Morgan fingerprint density at radius 3 is 2.50 bits per heavy atom. The molecule has 0 aromatic heterocycles. The number of carbonyl (C=O) groups excluding carboxylic acids is 2. The van der Waals surface area contributed by atoms with Gasteiger partial charge in [0, 0.05) is 50.0 Å². The second-order valence-corrected chi connectivity index (χ2v) is 6.87. The van der Waals surface area contributed by atoms with Gasteiger partial charge >= 0.3 is 0 Å². The second kappa shape index (κ2) is 9.05. The van der Waals surface area contributed by atoms with Crippen molar-refractivity contribution in [1.29, 1.82) is 5.26 Å². The zero-order valence-corrected chi connectivity index (χ0v) is 16.0. The maximum absolute atomic E-state index is 12.3. The number of nitrogens with one attached hydrogen (secondary N) is 1. The van der Waals surface area contributed by atoms with Crippen LogP contribution in [0.4, 0.5) is 17.1 Å². The highest BCUT2D eigenvalue weighted by molar-refractivity contribution is 5.95. The Balaban J connectivity index is 1.57. The molecule has 144 valence electrons. The topological polar surface area (TPSA) is 76.4 Å². The van der Waals surface area contributed by atoms with Gasteiger partial charge in [0.1, 0.15) is 0 Å². The first kappa shape index (κ1) is 19.4. The van der Waals surface area contributed by atoms with Crippen molar-refractivity contribution in [1.82, 2.24) is 0 Å². The first-order valence-electron chi connectivity index (χ1n) is 9.50. The van der Waals surface area contributed by atoms with E-state index in [1.54, 1.807) is 24.3 Å². The fourth-order valence-electron chi connectivity index (χ4n) is 3.38. The first-order valence-corrected chi connectivity index (χ1v) is 9.50. The van der Waals surface area contributed by atoms with E-state index in [9.17, 15) is 9.59 Å². The number of benzene rings is 2. The van der Waals surface area contributed by atoms with E-state index in [0.717, 1.165) is 18.8 Å². The van der Waals surface area contributed by atoms with Crippen molar-refractivity contribution < 1.29 is 9.59 Å². The summed E-state index contributed by atoms with van der Waals surface area (Å²) in [5.74, 6) is -0.325. The molecule has 0 aliphatic carbocycles. The Labute approximate surface area is 165 Å². The van der Waals surface area contributed by atoms with Crippen molar-refractivity contribution in [2.45, 2.75) is 26.2 Å². The fourth-order valence-corrected chi connectivity index (χ4v) is 3.38. The lowest BCUT2D eigenvalue weighted by Crippen LogP contribution is -2.32. The van der Waals surface area contributed by atoms with Gasteiger partial charge < -0.3 is 15.1 Å². The summed E-state index contributed by atoms with van der Waals surface area (Å²) >= 11 is 0. The predicted molar refractivity (Wildman–Crippen MR) is 110 cm³/mol.